The first-order chi connectivity index (χ1) is 8.61. The number of likely N-dealkylation sites (tertiary alicyclic amines) is 1. The highest BCUT2D eigenvalue weighted by Crippen LogP contribution is 2.23. The van der Waals surface area contributed by atoms with Gasteiger partial charge in [0.15, 0.2) is 0 Å². The second kappa shape index (κ2) is 5.80. The van der Waals surface area contributed by atoms with Crippen molar-refractivity contribution in [1.82, 2.24) is 9.88 Å². The molecule has 0 amide bonds. The lowest BCUT2D eigenvalue weighted by molar-refractivity contribution is -0.148. The fourth-order valence-corrected chi connectivity index (χ4v) is 3.32. The summed E-state index contributed by atoms with van der Waals surface area (Å²) in [6.07, 6.45) is 3.15. The van der Waals surface area contributed by atoms with Crippen LogP contribution in [-0.4, -0.2) is 35.5 Å². The van der Waals surface area contributed by atoms with Gasteiger partial charge in [-0.2, -0.15) is 0 Å². The molecule has 1 aliphatic heterocycles. The van der Waals surface area contributed by atoms with Crippen molar-refractivity contribution in [3.63, 3.8) is 0 Å². The molecule has 100 valence electrons. The Morgan fingerprint density at radius 1 is 1.50 bits per heavy atom. The van der Waals surface area contributed by atoms with E-state index in [9.17, 15) is 4.79 Å². The van der Waals surface area contributed by atoms with E-state index in [-0.39, 0.29) is 12.0 Å². The van der Waals surface area contributed by atoms with Gasteiger partial charge in [-0.25, -0.2) is 4.98 Å². The van der Waals surface area contributed by atoms with Crippen LogP contribution in [0.2, 0.25) is 0 Å². The normalized spacial score (nSPS) is 20.9. The van der Waals surface area contributed by atoms with E-state index in [1.54, 1.807) is 11.3 Å². The molecule has 1 atom stereocenters. The van der Waals surface area contributed by atoms with Gasteiger partial charge in [0.05, 0.1) is 19.3 Å². The second-order valence-electron chi connectivity index (χ2n) is 4.75. The number of hydrogen-bond acceptors (Lipinski definition) is 5. The third-order valence-corrected chi connectivity index (χ3v) is 4.56. The summed E-state index contributed by atoms with van der Waals surface area (Å²) in [7, 11) is 1.47. The molecule has 1 unspecified atom stereocenters. The first-order valence-electron chi connectivity index (χ1n) is 6.36. The zero-order chi connectivity index (χ0) is 13.1. The summed E-state index contributed by atoms with van der Waals surface area (Å²) in [6, 6.07) is -0.0896. The van der Waals surface area contributed by atoms with Crippen LogP contribution in [0.1, 0.15) is 34.8 Å². The van der Waals surface area contributed by atoms with Crippen LogP contribution in [0.25, 0.3) is 0 Å². The number of carbonyl (C=O) groups excluding carboxylic acids is 1. The van der Waals surface area contributed by atoms with E-state index >= 15 is 0 Å². The summed E-state index contributed by atoms with van der Waals surface area (Å²) < 4.78 is 4.89. The number of ether oxygens (including phenoxy) is 1. The maximum Gasteiger partial charge on any atom is 0.323 e. The van der Waals surface area contributed by atoms with Gasteiger partial charge in [-0.3, -0.25) is 9.69 Å². The molecule has 0 saturated carbocycles. The molecule has 1 aromatic rings. The first-order valence-corrected chi connectivity index (χ1v) is 7.18. The summed E-state index contributed by atoms with van der Waals surface area (Å²) in [6.45, 7) is 5.84. The van der Waals surface area contributed by atoms with Crippen molar-refractivity contribution in [3.8, 4) is 0 Å². The van der Waals surface area contributed by atoms with Crippen molar-refractivity contribution in [1.29, 1.82) is 0 Å². The second-order valence-corrected chi connectivity index (χ2v) is 6.04. The van der Waals surface area contributed by atoms with Crippen LogP contribution in [0.4, 0.5) is 0 Å². The van der Waals surface area contributed by atoms with Crippen molar-refractivity contribution in [2.45, 2.75) is 45.7 Å². The topological polar surface area (TPSA) is 42.4 Å². The van der Waals surface area contributed by atoms with Crippen molar-refractivity contribution >= 4 is 17.3 Å². The van der Waals surface area contributed by atoms with Crippen LogP contribution in [0.3, 0.4) is 0 Å². The average molecular weight is 268 g/mol. The van der Waals surface area contributed by atoms with Gasteiger partial charge < -0.3 is 4.74 Å². The lowest BCUT2D eigenvalue weighted by Crippen LogP contribution is -2.44. The van der Waals surface area contributed by atoms with Crippen molar-refractivity contribution in [3.05, 3.63) is 15.6 Å². The summed E-state index contributed by atoms with van der Waals surface area (Å²) >= 11 is 1.72. The SMILES string of the molecule is COC(=O)C1CCCCN1Cc1nc(C)c(C)s1. The lowest BCUT2D eigenvalue weighted by Gasteiger charge is -2.32. The molecule has 0 spiro atoms. The van der Waals surface area contributed by atoms with E-state index in [0.717, 1.165) is 43.1 Å². The maximum atomic E-state index is 11.8. The summed E-state index contributed by atoms with van der Waals surface area (Å²) in [5.41, 5.74) is 1.10. The Labute approximate surface area is 112 Å². The fraction of sp³-hybridized carbons (Fsp3) is 0.692. The molecule has 2 heterocycles. The van der Waals surface area contributed by atoms with Gasteiger partial charge in [0.2, 0.25) is 0 Å². The Morgan fingerprint density at radius 3 is 2.89 bits per heavy atom. The number of piperidine rings is 1. The maximum absolute atomic E-state index is 11.8. The fourth-order valence-electron chi connectivity index (χ4n) is 2.36. The molecule has 5 heteroatoms. The third kappa shape index (κ3) is 2.90. The van der Waals surface area contributed by atoms with Crippen molar-refractivity contribution in [2.75, 3.05) is 13.7 Å². The molecule has 1 aliphatic rings. The minimum Gasteiger partial charge on any atom is -0.468 e. The van der Waals surface area contributed by atoms with Crippen LogP contribution >= 0.6 is 11.3 Å². The smallest absolute Gasteiger partial charge is 0.323 e. The highest BCUT2D eigenvalue weighted by atomic mass is 32.1. The van der Waals surface area contributed by atoms with Gasteiger partial charge in [0.1, 0.15) is 11.0 Å². The number of methoxy groups -OCH3 is 1. The van der Waals surface area contributed by atoms with Gasteiger partial charge in [0, 0.05) is 4.88 Å². The van der Waals surface area contributed by atoms with E-state index in [0.29, 0.717) is 0 Å². The lowest BCUT2D eigenvalue weighted by atomic mass is 10.0. The highest BCUT2D eigenvalue weighted by molar-refractivity contribution is 7.11. The van der Waals surface area contributed by atoms with E-state index in [1.165, 1.54) is 12.0 Å². The number of nitrogens with zero attached hydrogens (tertiary/aromatic N) is 2. The average Bonchev–Trinajstić information content (AvgIpc) is 2.68. The molecule has 0 aliphatic carbocycles. The molecule has 0 radical (unpaired) electrons. The molecule has 1 aromatic heterocycles. The van der Waals surface area contributed by atoms with Crippen molar-refractivity contribution in [2.24, 2.45) is 0 Å². The Kier molecular flexibility index (Phi) is 4.35. The molecule has 1 fully saturated rings. The van der Waals surface area contributed by atoms with Crippen molar-refractivity contribution < 1.29 is 9.53 Å². The predicted molar refractivity (Wildman–Crippen MR) is 71.7 cm³/mol. The first kappa shape index (κ1) is 13.5. The molecule has 0 aromatic carbocycles. The Balaban J connectivity index is 2.07. The monoisotopic (exact) mass is 268 g/mol. The number of carbonyl (C=O) groups is 1. The molecule has 1 saturated heterocycles. The summed E-state index contributed by atoms with van der Waals surface area (Å²) in [4.78, 5) is 19.8. The molecule has 0 N–H and O–H groups in total. The zero-order valence-electron chi connectivity index (χ0n) is 11.2. The number of hydrogen-bond donors (Lipinski definition) is 0. The number of esters is 1. The number of thiazole rings is 1. The summed E-state index contributed by atoms with van der Waals surface area (Å²) in [5, 5.41) is 1.10. The van der Waals surface area contributed by atoms with E-state index in [1.807, 2.05) is 6.92 Å². The molecule has 0 bridgehead atoms. The Hall–Kier alpha value is -0.940. The highest BCUT2D eigenvalue weighted by Gasteiger charge is 2.29. The number of aryl methyl sites for hydroxylation is 2. The predicted octanol–water partition coefficient (Wildman–Crippen LogP) is 2.29. The van der Waals surface area contributed by atoms with Gasteiger partial charge >= 0.3 is 5.97 Å². The number of aromatic nitrogens is 1. The Bertz CT molecular complexity index is 411. The van der Waals surface area contributed by atoms with Gasteiger partial charge in [-0.1, -0.05) is 6.42 Å². The zero-order valence-corrected chi connectivity index (χ0v) is 12.0. The van der Waals surface area contributed by atoms with E-state index in [4.69, 9.17) is 4.74 Å². The van der Waals surface area contributed by atoms with Crippen LogP contribution in [-0.2, 0) is 16.1 Å². The van der Waals surface area contributed by atoms with Gasteiger partial charge in [-0.15, -0.1) is 11.3 Å². The summed E-state index contributed by atoms with van der Waals surface area (Å²) in [5.74, 6) is -0.111. The van der Waals surface area contributed by atoms with Gasteiger partial charge in [-0.05, 0) is 33.2 Å². The van der Waals surface area contributed by atoms with Gasteiger partial charge in [0.25, 0.3) is 0 Å². The molecule has 18 heavy (non-hydrogen) atoms. The standard InChI is InChI=1S/C13H20N2O2S/c1-9-10(2)18-12(14-9)8-15-7-5-4-6-11(15)13(16)17-3/h11H,4-8H2,1-3H3. The largest absolute Gasteiger partial charge is 0.468 e. The molecular weight excluding hydrogens is 248 g/mol. The third-order valence-electron chi connectivity index (χ3n) is 3.50. The van der Waals surface area contributed by atoms with E-state index < -0.39 is 0 Å². The molecule has 2 rings (SSSR count). The minimum atomic E-state index is -0.111. The quantitative estimate of drug-likeness (QED) is 0.789. The van der Waals surface area contributed by atoms with Crippen LogP contribution in [0.15, 0.2) is 0 Å². The van der Waals surface area contributed by atoms with Crippen LogP contribution < -0.4 is 0 Å². The van der Waals surface area contributed by atoms with E-state index in [2.05, 4.69) is 16.8 Å². The van der Waals surface area contributed by atoms with Crippen LogP contribution in [0, 0.1) is 13.8 Å². The van der Waals surface area contributed by atoms with Crippen LogP contribution in [0.5, 0.6) is 0 Å². The molecule has 4 nitrogen and oxygen atoms in total. The molecular formula is C13H20N2O2S. The minimum absolute atomic E-state index is 0.0896. The Morgan fingerprint density at radius 2 is 2.28 bits per heavy atom. The number of rotatable bonds is 3.